The van der Waals surface area contributed by atoms with Crippen molar-refractivity contribution in [2.75, 3.05) is 27.9 Å². The summed E-state index contributed by atoms with van der Waals surface area (Å²) in [5.41, 5.74) is 1.64. The van der Waals surface area contributed by atoms with Crippen LogP contribution in [0.1, 0.15) is 11.1 Å². The molecule has 4 aromatic rings. The fourth-order valence-electron chi connectivity index (χ4n) is 3.77. The zero-order valence-corrected chi connectivity index (χ0v) is 20.6. The molecule has 10 nitrogen and oxygen atoms in total. The number of carbonyl (C=O) groups excluding carboxylic acids is 1. The first-order valence-electron chi connectivity index (χ1n) is 11.3. The van der Waals surface area contributed by atoms with Gasteiger partial charge in [0.15, 0.2) is 17.1 Å². The van der Waals surface area contributed by atoms with Gasteiger partial charge in [0.25, 0.3) is 5.56 Å². The Balaban J connectivity index is 1.38. The lowest BCUT2D eigenvalue weighted by molar-refractivity contribution is -0.116. The number of aromatic nitrogens is 4. The largest absolute Gasteiger partial charge is 0.493 e. The van der Waals surface area contributed by atoms with Gasteiger partial charge >= 0.3 is 0 Å². The molecule has 0 saturated carbocycles. The summed E-state index contributed by atoms with van der Waals surface area (Å²) in [6, 6.07) is 9.39. The van der Waals surface area contributed by atoms with Crippen molar-refractivity contribution in [1.29, 1.82) is 0 Å². The van der Waals surface area contributed by atoms with Crippen LogP contribution in [-0.2, 0) is 17.9 Å². The number of ether oxygens (including phenoxy) is 3. The summed E-state index contributed by atoms with van der Waals surface area (Å²) in [5.74, 6) is 0.789. The molecule has 4 rings (SSSR count). The van der Waals surface area contributed by atoms with Crippen LogP contribution in [0, 0.1) is 5.82 Å². The van der Waals surface area contributed by atoms with E-state index in [-0.39, 0.29) is 30.4 Å². The maximum absolute atomic E-state index is 13.1. The van der Waals surface area contributed by atoms with Crippen molar-refractivity contribution < 1.29 is 23.4 Å². The van der Waals surface area contributed by atoms with Crippen LogP contribution in [0.25, 0.3) is 17.1 Å². The normalized spacial score (nSPS) is 11.1. The van der Waals surface area contributed by atoms with Crippen molar-refractivity contribution in [2.45, 2.75) is 13.1 Å². The molecule has 0 atom stereocenters. The molecule has 0 bridgehead atoms. The van der Waals surface area contributed by atoms with Gasteiger partial charge in [0.1, 0.15) is 17.5 Å². The van der Waals surface area contributed by atoms with Crippen molar-refractivity contribution in [3.63, 3.8) is 0 Å². The van der Waals surface area contributed by atoms with E-state index in [4.69, 9.17) is 14.2 Å². The second-order valence-electron chi connectivity index (χ2n) is 7.99. The van der Waals surface area contributed by atoms with E-state index in [1.165, 1.54) is 56.6 Å². The van der Waals surface area contributed by atoms with Gasteiger partial charge < -0.3 is 19.5 Å². The van der Waals surface area contributed by atoms with Crippen molar-refractivity contribution in [1.82, 2.24) is 24.6 Å². The molecule has 2 aromatic carbocycles. The highest BCUT2D eigenvalue weighted by molar-refractivity contribution is 5.91. The summed E-state index contributed by atoms with van der Waals surface area (Å²) in [7, 11) is 4.56. The number of hydrogen-bond acceptors (Lipinski definition) is 7. The quantitative estimate of drug-likeness (QED) is 0.329. The molecule has 0 unspecified atom stereocenters. The van der Waals surface area contributed by atoms with Crippen LogP contribution in [-0.4, -0.2) is 53.1 Å². The highest BCUT2D eigenvalue weighted by atomic mass is 19.1. The molecular weight excluding hydrogens is 481 g/mol. The first-order valence-corrected chi connectivity index (χ1v) is 11.3. The Hall–Kier alpha value is -4.67. The van der Waals surface area contributed by atoms with Crippen LogP contribution in [0.5, 0.6) is 17.2 Å². The van der Waals surface area contributed by atoms with Gasteiger partial charge in [-0.15, -0.1) is 0 Å². The van der Waals surface area contributed by atoms with Crippen molar-refractivity contribution >= 4 is 23.0 Å². The van der Waals surface area contributed by atoms with E-state index in [1.807, 2.05) is 0 Å². The first-order chi connectivity index (χ1) is 17.9. The van der Waals surface area contributed by atoms with E-state index in [2.05, 4.69) is 15.4 Å². The van der Waals surface area contributed by atoms with Gasteiger partial charge in [-0.25, -0.2) is 14.1 Å². The Morgan fingerprint density at radius 2 is 1.78 bits per heavy atom. The Morgan fingerprint density at radius 3 is 2.43 bits per heavy atom. The summed E-state index contributed by atoms with van der Waals surface area (Å²) in [6.07, 6.45) is 5.92. The zero-order chi connectivity index (χ0) is 26.4. The number of amides is 1. The third-order valence-corrected chi connectivity index (χ3v) is 5.63. The Kier molecular flexibility index (Phi) is 7.82. The van der Waals surface area contributed by atoms with Crippen molar-refractivity contribution in [3.8, 4) is 17.2 Å². The van der Waals surface area contributed by atoms with Gasteiger partial charge in [-0.3, -0.25) is 14.2 Å². The predicted octanol–water partition coefficient (Wildman–Crippen LogP) is 2.64. The standard InChI is InChI=1S/C26H26FN5O5/c1-35-21-12-18(13-22(36-2)24(21)37-3)6-9-23(33)28-10-11-32-25-20(14-30-32)26(34)31(16-29-25)15-17-4-7-19(27)8-5-17/h4-9,12-14,16H,10-11,15H2,1-3H3,(H,28,33). The van der Waals surface area contributed by atoms with E-state index < -0.39 is 0 Å². The molecule has 0 aliphatic carbocycles. The number of carbonyl (C=O) groups is 1. The lowest BCUT2D eigenvalue weighted by Gasteiger charge is -2.12. The molecule has 11 heteroatoms. The molecule has 0 spiro atoms. The first kappa shape index (κ1) is 25.4. The maximum atomic E-state index is 13.1. The van der Waals surface area contributed by atoms with E-state index >= 15 is 0 Å². The minimum atomic E-state index is -0.338. The topological polar surface area (TPSA) is 110 Å². The van der Waals surface area contributed by atoms with Gasteiger partial charge in [-0.05, 0) is 41.5 Å². The third kappa shape index (κ3) is 5.77. The van der Waals surface area contributed by atoms with Gasteiger partial charge in [-0.1, -0.05) is 12.1 Å². The Morgan fingerprint density at radius 1 is 1.08 bits per heavy atom. The number of nitrogens with one attached hydrogen (secondary N) is 1. The molecule has 2 aromatic heterocycles. The molecule has 192 valence electrons. The molecule has 0 aliphatic rings. The van der Waals surface area contributed by atoms with Gasteiger partial charge in [0.2, 0.25) is 11.7 Å². The summed E-state index contributed by atoms with van der Waals surface area (Å²) in [4.78, 5) is 29.5. The number of hydrogen-bond donors (Lipinski definition) is 1. The molecule has 1 amide bonds. The molecule has 0 fully saturated rings. The predicted molar refractivity (Wildman–Crippen MR) is 135 cm³/mol. The summed E-state index contributed by atoms with van der Waals surface area (Å²) in [6.45, 7) is 0.860. The minimum Gasteiger partial charge on any atom is -0.493 e. The average Bonchev–Trinajstić information content (AvgIpc) is 3.33. The van der Waals surface area contributed by atoms with E-state index in [1.54, 1.807) is 35.0 Å². The van der Waals surface area contributed by atoms with Gasteiger partial charge in [0, 0.05) is 12.6 Å². The minimum absolute atomic E-state index is 0.252. The Bertz CT molecular complexity index is 1470. The SMILES string of the molecule is COc1cc(C=CC(=O)NCCn2ncc3c(=O)n(Cc4ccc(F)cc4)cnc32)cc(OC)c1OC. The van der Waals surface area contributed by atoms with Crippen molar-refractivity contribution in [3.05, 3.63) is 82.3 Å². The highest BCUT2D eigenvalue weighted by Crippen LogP contribution is 2.38. The van der Waals surface area contributed by atoms with Crippen LogP contribution in [0.4, 0.5) is 4.39 Å². The van der Waals surface area contributed by atoms with Crippen LogP contribution in [0.3, 0.4) is 0 Å². The number of rotatable bonds is 10. The lowest BCUT2D eigenvalue weighted by atomic mass is 10.1. The lowest BCUT2D eigenvalue weighted by Crippen LogP contribution is -2.26. The number of nitrogens with zero attached hydrogens (tertiary/aromatic N) is 4. The molecule has 2 heterocycles. The van der Waals surface area contributed by atoms with Crippen molar-refractivity contribution in [2.24, 2.45) is 0 Å². The summed E-state index contributed by atoms with van der Waals surface area (Å²) in [5, 5.41) is 7.39. The van der Waals surface area contributed by atoms with Crippen LogP contribution in [0.2, 0.25) is 0 Å². The van der Waals surface area contributed by atoms with Crippen LogP contribution < -0.4 is 25.1 Å². The molecule has 0 aliphatic heterocycles. The monoisotopic (exact) mass is 507 g/mol. The number of methoxy groups -OCH3 is 3. The van der Waals surface area contributed by atoms with Crippen LogP contribution in [0.15, 0.2) is 59.8 Å². The third-order valence-electron chi connectivity index (χ3n) is 5.63. The molecule has 0 saturated heterocycles. The van der Waals surface area contributed by atoms with Crippen LogP contribution >= 0.6 is 0 Å². The van der Waals surface area contributed by atoms with Gasteiger partial charge in [-0.2, -0.15) is 5.10 Å². The smallest absolute Gasteiger partial charge is 0.264 e. The molecule has 1 N–H and O–H groups in total. The second kappa shape index (κ2) is 11.4. The zero-order valence-electron chi connectivity index (χ0n) is 20.6. The number of fused-ring (bicyclic) bond motifs is 1. The Labute approximate surface area is 211 Å². The fourth-order valence-corrected chi connectivity index (χ4v) is 3.77. The molecule has 37 heavy (non-hydrogen) atoms. The molecular formula is C26H26FN5O5. The number of benzene rings is 2. The highest BCUT2D eigenvalue weighted by Gasteiger charge is 2.13. The summed E-state index contributed by atoms with van der Waals surface area (Å²) >= 11 is 0. The van der Waals surface area contributed by atoms with E-state index in [9.17, 15) is 14.0 Å². The number of halogens is 1. The van der Waals surface area contributed by atoms with E-state index in [0.29, 0.717) is 40.4 Å². The summed E-state index contributed by atoms with van der Waals surface area (Å²) < 4.78 is 32.1. The average molecular weight is 508 g/mol. The van der Waals surface area contributed by atoms with Gasteiger partial charge in [0.05, 0.1) is 40.6 Å². The maximum Gasteiger partial charge on any atom is 0.264 e. The fraction of sp³-hybridized carbons (Fsp3) is 0.231. The second-order valence-corrected chi connectivity index (χ2v) is 7.99. The molecule has 0 radical (unpaired) electrons. The van der Waals surface area contributed by atoms with E-state index in [0.717, 1.165) is 5.56 Å².